The largest absolute Gasteiger partial charge is 0.488 e. The normalized spacial score (nSPS) is 22.5. The van der Waals surface area contributed by atoms with Crippen LogP contribution < -0.4 is 15.4 Å². The van der Waals surface area contributed by atoms with E-state index in [1.54, 1.807) is 7.05 Å². The average molecular weight is 347 g/mol. The van der Waals surface area contributed by atoms with Crippen molar-refractivity contribution in [2.75, 3.05) is 46.6 Å². The lowest BCUT2D eigenvalue weighted by Gasteiger charge is -2.15. The predicted octanol–water partition coefficient (Wildman–Crippen LogP) is 1.60. The number of nitrogens with zero attached hydrogens (tertiary/aromatic N) is 1. The first kappa shape index (κ1) is 18.0. The summed E-state index contributed by atoms with van der Waals surface area (Å²) in [6.45, 7) is 4.89. The molecule has 0 aliphatic carbocycles. The van der Waals surface area contributed by atoms with Gasteiger partial charge >= 0.3 is 0 Å². The van der Waals surface area contributed by atoms with Crippen LogP contribution in [0.3, 0.4) is 0 Å². The zero-order valence-electron chi connectivity index (χ0n) is 15.0. The molecule has 0 amide bonds. The molecule has 2 aliphatic rings. The minimum absolute atomic E-state index is 0.160. The molecule has 2 heterocycles. The smallest absolute Gasteiger partial charge is 0.191 e. The fourth-order valence-electron chi connectivity index (χ4n) is 3.14. The second-order valence-electron chi connectivity index (χ2n) is 6.59. The number of para-hydroxylation sites is 1. The number of rotatable bonds is 8. The van der Waals surface area contributed by atoms with Crippen molar-refractivity contribution in [1.82, 2.24) is 10.6 Å². The molecule has 0 radical (unpaired) electrons. The van der Waals surface area contributed by atoms with Crippen LogP contribution >= 0.6 is 0 Å². The van der Waals surface area contributed by atoms with Crippen LogP contribution in [0.2, 0.25) is 0 Å². The van der Waals surface area contributed by atoms with E-state index in [-0.39, 0.29) is 6.10 Å². The molecule has 1 aromatic carbocycles. The van der Waals surface area contributed by atoms with Gasteiger partial charge in [-0.1, -0.05) is 18.2 Å². The molecular formula is C19H29N3O3. The summed E-state index contributed by atoms with van der Waals surface area (Å²) in [5, 5.41) is 6.66. The summed E-state index contributed by atoms with van der Waals surface area (Å²) >= 11 is 0. The van der Waals surface area contributed by atoms with E-state index >= 15 is 0 Å². The first-order valence-corrected chi connectivity index (χ1v) is 9.19. The maximum Gasteiger partial charge on any atom is 0.191 e. The molecule has 1 aromatic rings. The summed E-state index contributed by atoms with van der Waals surface area (Å²) in [6, 6.07) is 8.22. The van der Waals surface area contributed by atoms with Gasteiger partial charge in [-0.05, 0) is 24.5 Å². The fraction of sp³-hybridized carbons (Fsp3) is 0.632. The topological polar surface area (TPSA) is 64.1 Å². The van der Waals surface area contributed by atoms with Crippen LogP contribution in [0.15, 0.2) is 29.3 Å². The Bertz CT molecular complexity index is 534. The van der Waals surface area contributed by atoms with Gasteiger partial charge in [0, 0.05) is 39.1 Å². The summed E-state index contributed by atoms with van der Waals surface area (Å²) in [5.41, 5.74) is 1.28. The van der Waals surface area contributed by atoms with E-state index < -0.39 is 0 Å². The van der Waals surface area contributed by atoms with Gasteiger partial charge in [-0.3, -0.25) is 4.99 Å². The Morgan fingerprint density at radius 3 is 3.04 bits per heavy atom. The van der Waals surface area contributed by atoms with Crippen molar-refractivity contribution < 1.29 is 14.2 Å². The Morgan fingerprint density at radius 2 is 2.24 bits per heavy atom. The maximum atomic E-state index is 5.93. The molecule has 0 spiro atoms. The molecular weight excluding hydrogens is 318 g/mol. The monoisotopic (exact) mass is 347 g/mol. The van der Waals surface area contributed by atoms with Crippen molar-refractivity contribution in [2.24, 2.45) is 10.9 Å². The fourth-order valence-corrected chi connectivity index (χ4v) is 3.14. The molecule has 3 rings (SSSR count). The standard InChI is InChI=1S/C19H29N3O3/c1-20-19(21-8-4-9-23-13-15-7-10-24-14-15)22-12-17-11-16-5-2-3-6-18(16)25-17/h2-3,5-6,15,17H,4,7-14H2,1H3,(H2,20,21,22). The van der Waals surface area contributed by atoms with Crippen LogP contribution in [0.5, 0.6) is 5.75 Å². The van der Waals surface area contributed by atoms with E-state index in [1.165, 1.54) is 5.56 Å². The third kappa shape index (κ3) is 5.61. The second kappa shape index (κ2) is 9.63. The van der Waals surface area contributed by atoms with E-state index in [2.05, 4.69) is 27.8 Å². The third-order valence-corrected chi connectivity index (χ3v) is 4.57. The molecule has 2 aliphatic heterocycles. The zero-order chi connectivity index (χ0) is 17.3. The lowest BCUT2D eigenvalue weighted by Crippen LogP contribution is -2.42. The summed E-state index contributed by atoms with van der Waals surface area (Å²) < 4.78 is 17.0. The Kier molecular flexibility index (Phi) is 6.94. The first-order valence-electron chi connectivity index (χ1n) is 9.19. The Balaban J connectivity index is 1.25. The van der Waals surface area contributed by atoms with Crippen LogP contribution in [0, 0.1) is 5.92 Å². The third-order valence-electron chi connectivity index (χ3n) is 4.57. The maximum absolute atomic E-state index is 5.93. The molecule has 6 heteroatoms. The average Bonchev–Trinajstić information content (AvgIpc) is 3.29. The summed E-state index contributed by atoms with van der Waals surface area (Å²) in [6.07, 6.45) is 3.19. The molecule has 0 saturated carbocycles. The zero-order valence-corrected chi connectivity index (χ0v) is 15.0. The molecule has 1 fully saturated rings. The summed E-state index contributed by atoms with van der Waals surface area (Å²) in [4.78, 5) is 4.26. The van der Waals surface area contributed by atoms with Crippen molar-refractivity contribution >= 4 is 5.96 Å². The highest BCUT2D eigenvalue weighted by Gasteiger charge is 2.22. The van der Waals surface area contributed by atoms with E-state index in [1.807, 2.05) is 12.1 Å². The molecule has 0 bridgehead atoms. The van der Waals surface area contributed by atoms with Crippen LogP contribution in [0.1, 0.15) is 18.4 Å². The van der Waals surface area contributed by atoms with Gasteiger partial charge < -0.3 is 24.8 Å². The number of benzene rings is 1. The molecule has 1 saturated heterocycles. The SMILES string of the molecule is CN=C(NCCCOCC1CCOC1)NCC1Cc2ccccc2O1. The van der Waals surface area contributed by atoms with Crippen LogP contribution in [-0.2, 0) is 15.9 Å². The predicted molar refractivity (Wildman–Crippen MR) is 98.3 cm³/mol. The quantitative estimate of drug-likeness (QED) is 0.425. The molecule has 138 valence electrons. The molecule has 0 aromatic heterocycles. The van der Waals surface area contributed by atoms with E-state index in [9.17, 15) is 0 Å². The highest BCUT2D eigenvalue weighted by atomic mass is 16.5. The molecule has 25 heavy (non-hydrogen) atoms. The van der Waals surface area contributed by atoms with Crippen molar-refractivity contribution in [1.29, 1.82) is 0 Å². The first-order chi connectivity index (χ1) is 12.3. The van der Waals surface area contributed by atoms with E-state index in [0.29, 0.717) is 5.92 Å². The van der Waals surface area contributed by atoms with Gasteiger partial charge in [-0.25, -0.2) is 0 Å². The number of ether oxygens (including phenoxy) is 3. The van der Waals surface area contributed by atoms with E-state index in [4.69, 9.17) is 14.2 Å². The van der Waals surface area contributed by atoms with Crippen LogP contribution in [0.4, 0.5) is 0 Å². The molecule has 2 atom stereocenters. The Hall–Kier alpha value is -1.79. The lowest BCUT2D eigenvalue weighted by molar-refractivity contribution is 0.0888. The number of hydrogen-bond donors (Lipinski definition) is 2. The van der Waals surface area contributed by atoms with Gasteiger partial charge in [-0.2, -0.15) is 0 Å². The van der Waals surface area contributed by atoms with Crippen molar-refractivity contribution in [2.45, 2.75) is 25.4 Å². The lowest BCUT2D eigenvalue weighted by atomic mass is 10.1. The van der Waals surface area contributed by atoms with Crippen LogP contribution in [-0.4, -0.2) is 58.6 Å². The molecule has 2 N–H and O–H groups in total. The number of aliphatic imine (C=N–C) groups is 1. The Morgan fingerprint density at radius 1 is 1.32 bits per heavy atom. The Labute approximate surface area is 149 Å². The van der Waals surface area contributed by atoms with Gasteiger partial charge in [-0.15, -0.1) is 0 Å². The van der Waals surface area contributed by atoms with Gasteiger partial charge in [0.2, 0.25) is 0 Å². The second-order valence-corrected chi connectivity index (χ2v) is 6.59. The minimum Gasteiger partial charge on any atom is -0.488 e. The molecule has 2 unspecified atom stereocenters. The van der Waals surface area contributed by atoms with Gasteiger partial charge in [0.15, 0.2) is 5.96 Å². The van der Waals surface area contributed by atoms with Crippen molar-refractivity contribution in [3.8, 4) is 5.75 Å². The molecule has 6 nitrogen and oxygen atoms in total. The summed E-state index contributed by atoms with van der Waals surface area (Å²) in [5.74, 6) is 2.39. The summed E-state index contributed by atoms with van der Waals surface area (Å²) in [7, 11) is 1.79. The number of fused-ring (bicyclic) bond motifs is 1. The highest BCUT2D eigenvalue weighted by molar-refractivity contribution is 5.79. The van der Waals surface area contributed by atoms with Gasteiger partial charge in [0.1, 0.15) is 11.9 Å². The van der Waals surface area contributed by atoms with Gasteiger partial charge in [0.25, 0.3) is 0 Å². The van der Waals surface area contributed by atoms with E-state index in [0.717, 1.165) is 70.5 Å². The van der Waals surface area contributed by atoms with Gasteiger partial charge in [0.05, 0.1) is 19.8 Å². The number of hydrogen-bond acceptors (Lipinski definition) is 4. The van der Waals surface area contributed by atoms with Crippen molar-refractivity contribution in [3.63, 3.8) is 0 Å². The highest BCUT2D eigenvalue weighted by Crippen LogP contribution is 2.27. The number of nitrogens with one attached hydrogen (secondary N) is 2. The minimum atomic E-state index is 0.160. The van der Waals surface area contributed by atoms with Crippen molar-refractivity contribution in [3.05, 3.63) is 29.8 Å². The number of guanidine groups is 1. The van der Waals surface area contributed by atoms with Crippen LogP contribution in [0.25, 0.3) is 0 Å².